The summed E-state index contributed by atoms with van der Waals surface area (Å²) < 4.78 is 12.6. The number of hydrogen-bond acceptors (Lipinski definition) is 9. The second-order valence-corrected chi connectivity index (χ2v) is 18.2. The molecule has 0 saturated carbocycles. The second kappa shape index (κ2) is 17.1. The zero-order valence-electron chi connectivity index (χ0n) is 38.2. The maximum Gasteiger partial charge on any atom is 0.170 e. The van der Waals surface area contributed by atoms with Gasteiger partial charge in [-0.1, -0.05) is 70.2 Å². The van der Waals surface area contributed by atoms with E-state index in [-0.39, 0.29) is 16.6 Å². The molecule has 4 aromatic carbocycles. The molecule has 63 heavy (non-hydrogen) atoms. The molecule has 2 fully saturated rings. The molecule has 0 amide bonds. The van der Waals surface area contributed by atoms with Gasteiger partial charge in [0.05, 0.1) is 24.6 Å². The van der Waals surface area contributed by atoms with E-state index in [0.29, 0.717) is 0 Å². The number of carbonyl (C=O) groups is 1. The number of benzene rings is 4. The first-order valence-corrected chi connectivity index (χ1v) is 21.8. The highest BCUT2D eigenvalue weighted by molar-refractivity contribution is 5.77. The molecule has 0 aliphatic carbocycles. The minimum Gasteiger partial charge on any atom is -0.378 e. The Morgan fingerprint density at radius 2 is 1.06 bits per heavy atom. The molecular formula is C54H60N6O3. The molecule has 9 heteroatoms. The lowest BCUT2D eigenvalue weighted by Gasteiger charge is -2.39. The highest BCUT2D eigenvalue weighted by atomic mass is 16.5. The zero-order valence-corrected chi connectivity index (χ0v) is 38.2. The first kappa shape index (κ1) is 43.4. The minimum atomic E-state index is -0.488. The number of carbonyl (C=O) groups excluding carboxylic acids is 1. The van der Waals surface area contributed by atoms with Crippen molar-refractivity contribution in [1.29, 1.82) is 0 Å². The molecule has 2 saturated heterocycles. The third-order valence-corrected chi connectivity index (χ3v) is 13.6. The standard InChI is InChI=1S/C27H29N3O.C18H20N2O.C9H11NO/c1-26(2)23-19-21(24-7-5-6-16-28-24)10-13-25(23)30-17-18-31-27(26,30)15-14-20-8-11-22(12-9-20)29(3)4;1-17(2)14-12-13(15-6-4-5-9-19-15)7-8-16(14)20-10-11-21-18(17,20)3;1-10(2)9-5-3-8(7-11)4-6-9/h5-16,19H,17-18H2,1-4H3;4-9,12H,10-11H2,1-3H3;3-7H,1-2H3. The molecule has 6 heterocycles. The van der Waals surface area contributed by atoms with Crippen LogP contribution in [0.4, 0.5) is 22.7 Å². The van der Waals surface area contributed by atoms with Crippen molar-refractivity contribution in [2.75, 3.05) is 74.1 Å². The van der Waals surface area contributed by atoms with Gasteiger partial charge < -0.3 is 29.1 Å². The highest BCUT2D eigenvalue weighted by Crippen LogP contribution is 2.56. The normalized spacial score (nSPS) is 20.7. The molecule has 324 valence electrons. The number of hydrogen-bond donors (Lipinski definition) is 0. The van der Waals surface area contributed by atoms with Crippen LogP contribution >= 0.6 is 0 Å². The summed E-state index contributed by atoms with van der Waals surface area (Å²) in [7, 11) is 8.06. The first-order chi connectivity index (χ1) is 30.2. The van der Waals surface area contributed by atoms with E-state index in [1.54, 1.807) is 0 Å². The van der Waals surface area contributed by atoms with Gasteiger partial charge in [0.25, 0.3) is 0 Å². The molecule has 2 atom stereocenters. The molecule has 0 spiro atoms. The minimum absolute atomic E-state index is 0.0381. The number of ether oxygens (including phenoxy) is 2. The van der Waals surface area contributed by atoms with E-state index in [9.17, 15) is 4.79 Å². The van der Waals surface area contributed by atoms with Gasteiger partial charge in [0.1, 0.15) is 12.0 Å². The summed E-state index contributed by atoms with van der Waals surface area (Å²) in [4.78, 5) is 28.2. The predicted octanol–water partition coefficient (Wildman–Crippen LogP) is 10.5. The molecule has 2 aromatic heterocycles. The summed E-state index contributed by atoms with van der Waals surface area (Å²) in [5.41, 5.74) is 12.8. The Labute approximate surface area is 373 Å². The van der Waals surface area contributed by atoms with Crippen molar-refractivity contribution in [3.05, 3.63) is 162 Å². The molecule has 4 aliphatic heterocycles. The Balaban J connectivity index is 0.000000146. The van der Waals surface area contributed by atoms with Crippen molar-refractivity contribution >= 4 is 35.1 Å². The Morgan fingerprint density at radius 3 is 1.57 bits per heavy atom. The predicted molar refractivity (Wildman–Crippen MR) is 259 cm³/mol. The van der Waals surface area contributed by atoms with Gasteiger partial charge in [0.2, 0.25) is 0 Å². The number of rotatable bonds is 7. The molecule has 0 N–H and O–H groups in total. The molecule has 2 unspecified atom stereocenters. The Bertz CT molecular complexity index is 2570. The Hall–Kier alpha value is -6.29. The van der Waals surface area contributed by atoms with Crippen LogP contribution in [-0.2, 0) is 20.3 Å². The summed E-state index contributed by atoms with van der Waals surface area (Å²) in [6, 6.07) is 41.6. The van der Waals surface area contributed by atoms with Gasteiger partial charge in [-0.15, -0.1) is 0 Å². The van der Waals surface area contributed by atoms with Crippen LogP contribution in [0.2, 0.25) is 0 Å². The van der Waals surface area contributed by atoms with Gasteiger partial charge in [-0.3, -0.25) is 14.8 Å². The van der Waals surface area contributed by atoms with Gasteiger partial charge in [-0.2, -0.15) is 0 Å². The molecule has 0 bridgehead atoms. The smallest absolute Gasteiger partial charge is 0.170 e. The maximum absolute atomic E-state index is 10.3. The van der Waals surface area contributed by atoms with Gasteiger partial charge in [-0.25, -0.2) is 0 Å². The van der Waals surface area contributed by atoms with Crippen LogP contribution in [0.1, 0.15) is 61.7 Å². The summed E-state index contributed by atoms with van der Waals surface area (Å²) >= 11 is 0. The maximum atomic E-state index is 10.3. The van der Waals surface area contributed by atoms with E-state index in [2.05, 4.69) is 158 Å². The third-order valence-electron chi connectivity index (χ3n) is 13.6. The van der Waals surface area contributed by atoms with Gasteiger partial charge in [0.15, 0.2) is 5.72 Å². The number of aromatic nitrogens is 2. The zero-order chi connectivity index (χ0) is 44.6. The number of anilines is 4. The summed E-state index contributed by atoms with van der Waals surface area (Å²) in [6.07, 6.45) is 8.99. The van der Waals surface area contributed by atoms with E-state index in [1.807, 2.05) is 79.9 Å². The largest absolute Gasteiger partial charge is 0.378 e. The third kappa shape index (κ3) is 7.78. The van der Waals surface area contributed by atoms with Gasteiger partial charge >= 0.3 is 0 Å². The number of pyridine rings is 2. The summed E-state index contributed by atoms with van der Waals surface area (Å²) in [5, 5.41) is 0. The highest BCUT2D eigenvalue weighted by Gasteiger charge is 2.59. The van der Waals surface area contributed by atoms with Crippen LogP contribution in [-0.4, -0.2) is 82.2 Å². The molecule has 4 aliphatic rings. The first-order valence-electron chi connectivity index (χ1n) is 21.8. The van der Waals surface area contributed by atoms with Crippen molar-refractivity contribution in [2.24, 2.45) is 0 Å². The van der Waals surface area contributed by atoms with Crippen LogP contribution in [0, 0.1) is 0 Å². The fourth-order valence-electron chi connectivity index (χ4n) is 9.51. The average molecular weight is 841 g/mol. The SMILES string of the molecule is CC1(C)c2cc(-c3ccccn3)ccc2N2CCOC21C.CN(C)c1ccc(C=CC23OCCN2c2ccc(-c4ccccn4)cc2C3(C)C)cc1.CN(C)c1ccc(C=O)cc1. The Morgan fingerprint density at radius 1 is 0.571 bits per heavy atom. The van der Waals surface area contributed by atoms with Crippen LogP contribution in [0.15, 0.2) is 140 Å². The van der Waals surface area contributed by atoms with E-state index >= 15 is 0 Å². The molecule has 0 radical (unpaired) electrons. The van der Waals surface area contributed by atoms with Crippen molar-refractivity contribution in [3.63, 3.8) is 0 Å². The fraction of sp³-hybridized carbons (Fsp3) is 0.315. The number of nitrogens with zero attached hydrogens (tertiary/aromatic N) is 6. The van der Waals surface area contributed by atoms with E-state index < -0.39 is 5.72 Å². The summed E-state index contributed by atoms with van der Waals surface area (Å²) in [6.45, 7) is 14.7. The quantitative estimate of drug-likeness (QED) is 0.146. The second-order valence-electron chi connectivity index (χ2n) is 18.2. The molecule has 10 rings (SSSR count). The average Bonchev–Trinajstić information content (AvgIpc) is 4.01. The van der Waals surface area contributed by atoms with Crippen LogP contribution in [0.25, 0.3) is 28.6 Å². The van der Waals surface area contributed by atoms with Crippen LogP contribution in [0.3, 0.4) is 0 Å². The van der Waals surface area contributed by atoms with Crippen molar-refractivity contribution < 1.29 is 14.3 Å². The monoisotopic (exact) mass is 840 g/mol. The van der Waals surface area contributed by atoms with E-state index in [4.69, 9.17) is 9.47 Å². The molecular weight excluding hydrogens is 781 g/mol. The van der Waals surface area contributed by atoms with E-state index in [0.717, 1.165) is 60.8 Å². The van der Waals surface area contributed by atoms with Crippen molar-refractivity contribution in [2.45, 2.75) is 56.9 Å². The fourth-order valence-corrected chi connectivity index (χ4v) is 9.51. The van der Waals surface area contributed by atoms with Crippen molar-refractivity contribution in [1.82, 2.24) is 9.97 Å². The van der Waals surface area contributed by atoms with Crippen molar-refractivity contribution in [3.8, 4) is 22.5 Å². The van der Waals surface area contributed by atoms with Crippen LogP contribution in [0.5, 0.6) is 0 Å². The van der Waals surface area contributed by atoms with Gasteiger partial charge in [-0.05, 0) is 115 Å². The molecule has 9 nitrogen and oxygen atoms in total. The lowest BCUT2D eigenvalue weighted by molar-refractivity contribution is -0.0250. The Kier molecular flexibility index (Phi) is 11.8. The number of fused-ring (bicyclic) bond motifs is 6. The topological polar surface area (TPSA) is 74.3 Å². The lowest BCUT2D eigenvalue weighted by atomic mass is 9.76. The number of aldehydes is 1. The molecule has 6 aromatic rings. The summed E-state index contributed by atoms with van der Waals surface area (Å²) in [5.74, 6) is 0. The lowest BCUT2D eigenvalue weighted by Crippen LogP contribution is -2.51. The van der Waals surface area contributed by atoms with Gasteiger partial charge in [0, 0.05) is 104 Å². The van der Waals surface area contributed by atoms with Crippen LogP contribution < -0.4 is 19.6 Å². The van der Waals surface area contributed by atoms with E-state index in [1.165, 1.54) is 39.3 Å².